The van der Waals surface area contributed by atoms with Crippen molar-refractivity contribution in [2.45, 2.75) is 45.3 Å². The summed E-state index contributed by atoms with van der Waals surface area (Å²) in [4.78, 5) is 28.6. The molecule has 6 nitrogen and oxygen atoms in total. The summed E-state index contributed by atoms with van der Waals surface area (Å²) in [6.45, 7) is 7.31. The van der Waals surface area contributed by atoms with E-state index in [1.807, 2.05) is 0 Å². The Morgan fingerprint density at radius 3 is 2.16 bits per heavy atom. The highest BCUT2D eigenvalue weighted by Gasteiger charge is 2.25. The van der Waals surface area contributed by atoms with Gasteiger partial charge in [0.05, 0.1) is 12.7 Å². The van der Waals surface area contributed by atoms with Crippen molar-refractivity contribution in [1.82, 2.24) is 4.90 Å². The minimum absolute atomic E-state index is 0.0269. The number of rotatable bonds is 12. The first-order valence-electron chi connectivity index (χ1n) is 7.04. The maximum Gasteiger partial charge on any atom is 0.492 e. The molecular formula is C12H29NO5Si. The van der Waals surface area contributed by atoms with Crippen LogP contribution >= 0.6 is 0 Å². The van der Waals surface area contributed by atoms with E-state index in [-0.39, 0.29) is 12.7 Å². The Balaban J connectivity index is 3.64. The van der Waals surface area contributed by atoms with Gasteiger partial charge in [-0.2, -0.15) is 0 Å². The fraction of sp³-hybridized carbons (Fsp3) is 1.00. The van der Waals surface area contributed by atoms with Gasteiger partial charge in [0.1, 0.15) is 0 Å². The van der Waals surface area contributed by atoms with Gasteiger partial charge in [0.15, 0.2) is 0 Å². The van der Waals surface area contributed by atoms with E-state index < -0.39 is 14.9 Å². The Morgan fingerprint density at radius 2 is 1.68 bits per heavy atom. The van der Waals surface area contributed by atoms with Crippen molar-refractivity contribution >= 4 is 8.80 Å². The molecule has 19 heavy (non-hydrogen) atoms. The number of aliphatic hydroxyl groups excluding tert-OH is 1. The molecule has 7 heteroatoms. The Hall–Kier alpha value is -0.0231. The molecule has 0 aliphatic rings. The lowest BCUT2D eigenvalue weighted by Gasteiger charge is -2.24. The molecule has 1 unspecified atom stereocenters. The molecule has 0 radical (unpaired) electrons. The Bertz CT molecular complexity index is 207. The molecule has 0 fully saturated rings. The number of hydrogen-bond acceptors (Lipinski definition) is 6. The van der Waals surface area contributed by atoms with Crippen LogP contribution in [-0.2, 0) is 4.74 Å². The third-order valence-corrected chi connectivity index (χ3v) is 3.68. The van der Waals surface area contributed by atoms with Crippen LogP contribution in [0, 0.1) is 0 Å². The van der Waals surface area contributed by atoms with Crippen LogP contribution in [0.2, 0.25) is 6.04 Å². The van der Waals surface area contributed by atoms with Crippen LogP contribution in [0.4, 0.5) is 0 Å². The Kier molecular flexibility index (Phi) is 10.7. The fourth-order valence-electron chi connectivity index (χ4n) is 1.91. The molecule has 0 rings (SSSR count). The maximum atomic E-state index is 9.83. The summed E-state index contributed by atoms with van der Waals surface area (Å²) in [5.74, 6) is 0. The SMILES string of the molecule is CCCN(CCC)CC(O)COCCC[Si](O)(O)O. The van der Waals surface area contributed by atoms with Gasteiger partial charge in [-0.3, -0.25) is 0 Å². The van der Waals surface area contributed by atoms with Crippen LogP contribution in [-0.4, -0.2) is 72.1 Å². The number of nitrogens with zero attached hydrogens (tertiary/aromatic N) is 1. The van der Waals surface area contributed by atoms with Crippen molar-refractivity contribution < 1.29 is 24.2 Å². The van der Waals surface area contributed by atoms with Gasteiger partial charge in [0, 0.05) is 19.2 Å². The van der Waals surface area contributed by atoms with Crippen molar-refractivity contribution in [2.24, 2.45) is 0 Å². The molecule has 4 N–H and O–H groups in total. The summed E-state index contributed by atoms with van der Waals surface area (Å²) in [5.41, 5.74) is 0. The molecule has 1 atom stereocenters. The molecule has 0 aromatic rings. The van der Waals surface area contributed by atoms with Crippen molar-refractivity contribution in [3.05, 3.63) is 0 Å². The van der Waals surface area contributed by atoms with Crippen molar-refractivity contribution in [3.8, 4) is 0 Å². The molecule has 0 saturated heterocycles. The lowest BCUT2D eigenvalue weighted by Crippen LogP contribution is -2.36. The second-order valence-electron chi connectivity index (χ2n) is 4.91. The minimum atomic E-state index is -3.93. The minimum Gasteiger partial charge on any atom is -0.390 e. The van der Waals surface area contributed by atoms with Crippen LogP contribution < -0.4 is 0 Å². The highest BCUT2D eigenvalue weighted by Crippen LogP contribution is 2.02. The molecule has 0 amide bonds. The summed E-state index contributed by atoms with van der Waals surface area (Å²) in [7, 11) is -3.93. The highest BCUT2D eigenvalue weighted by atomic mass is 28.4. The Morgan fingerprint density at radius 1 is 1.11 bits per heavy atom. The van der Waals surface area contributed by atoms with Gasteiger partial charge in [0.25, 0.3) is 0 Å². The lowest BCUT2D eigenvalue weighted by molar-refractivity contribution is 0.0162. The molecule has 0 heterocycles. The predicted molar refractivity (Wildman–Crippen MR) is 75.7 cm³/mol. The second kappa shape index (κ2) is 10.7. The monoisotopic (exact) mass is 295 g/mol. The first-order valence-corrected chi connectivity index (χ1v) is 9.09. The molecule has 0 aliphatic heterocycles. The quantitative estimate of drug-likeness (QED) is 0.294. The summed E-state index contributed by atoms with van der Waals surface area (Å²) in [6.07, 6.45) is 1.97. The van der Waals surface area contributed by atoms with E-state index in [2.05, 4.69) is 18.7 Å². The van der Waals surface area contributed by atoms with Gasteiger partial charge in [-0.25, -0.2) is 0 Å². The van der Waals surface area contributed by atoms with E-state index in [1.165, 1.54) is 0 Å². The molecule has 0 saturated carbocycles. The van der Waals surface area contributed by atoms with E-state index in [0.717, 1.165) is 25.9 Å². The van der Waals surface area contributed by atoms with Crippen LogP contribution in [0.15, 0.2) is 0 Å². The van der Waals surface area contributed by atoms with Gasteiger partial charge in [-0.05, 0) is 32.4 Å². The van der Waals surface area contributed by atoms with E-state index >= 15 is 0 Å². The first kappa shape index (κ1) is 19.0. The third kappa shape index (κ3) is 12.7. The average molecular weight is 295 g/mol. The molecule has 0 bridgehead atoms. The Labute approximate surface area is 117 Å². The number of hydrogen-bond donors (Lipinski definition) is 4. The van der Waals surface area contributed by atoms with E-state index in [4.69, 9.17) is 19.1 Å². The van der Waals surface area contributed by atoms with Crippen molar-refractivity contribution in [3.63, 3.8) is 0 Å². The lowest BCUT2D eigenvalue weighted by atomic mass is 10.3. The van der Waals surface area contributed by atoms with Crippen LogP contribution in [0.1, 0.15) is 33.1 Å². The average Bonchev–Trinajstić information content (AvgIpc) is 2.27. The second-order valence-corrected chi connectivity index (χ2v) is 6.96. The zero-order chi connectivity index (χ0) is 14.7. The molecule has 0 aromatic carbocycles. The summed E-state index contributed by atoms with van der Waals surface area (Å²) in [6, 6.07) is -0.0269. The molecule has 116 valence electrons. The van der Waals surface area contributed by atoms with Crippen LogP contribution in [0.25, 0.3) is 0 Å². The third-order valence-electron chi connectivity index (χ3n) is 2.66. The fourth-order valence-corrected chi connectivity index (χ4v) is 2.53. The van der Waals surface area contributed by atoms with Crippen LogP contribution in [0.5, 0.6) is 0 Å². The summed E-state index contributed by atoms with van der Waals surface area (Å²) in [5, 5.41) is 9.83. The highest BCUT2D eigenvalue weighted by molar-refractivity contribution is 6.56. The normalized spacial score (nSPS) is 14.1. The molecule has 0 spiro atoms. The number of aliphatic hydroxyl groups is 1. The zero-order valence-corrected chi connectivity index (χ0v) is 13.1. The summed E-state index contributed by atoms with van der Waals surface area (Å²) < 4.78 is 5.26. The largest absolute Gasteiger partial charge is 0.492 e. The van der Waals surface area contributed by atoms with Gasteiger partial charge < -0.3 is 29.1 Å². The topological polar surface area (TPSA) is 93.4 Å². The number of ether oxygens (including phenoxy) is 1. The first-order chi connectivity index (χ1) is 8.89. The van der Waals surface area contributed by atoms with Crippen molar-refractivity contribution in [1.29, 1.82) is 0 Å². The molecule has 0 aromatic heterocycles. The van der Waals surface area contributed by atoms with Gasteiger partial charge in [0.2, 0.25) is 0 Å². The predicted octanol–water partition coefficient (Wildman–Crippen LogP) is -0.208. The van der Waals surface area contributed by atoms with Crippen LogP contribution in [0.3, 0.4) is 0 Å². The molecular weight excluding hydrogens is 266 g/mol. The smallest absolute Gasteiger partial charge is 0.390 e. The maximum absolute atomic E-state index is 9.83. The van der Waals surface area contributed by atoms with E-state index in [9.17, 15) is 5.11 Å². The molecule has 0 aliphatic carbocycles. The van der Waals surface area contributed by atoms with Crippen molar-refractivity contribution in [2.75, 3.05) is 32.8 Å². The van der Waals surface area contributed by atoms with E-state index in [1.54, 1.807) is 0 Å². The standard InChI is InChI=1S/C12H29NO5Si/c1-3-6-13(7-4-2)10-12(14)11-18-8-5-9-19(15,16)17/h12,14-17H,3-11H2,1-2H3. The van der Waals surface area contributed by atoms with Gasteiger partial charge in [-0.15, -0.1) is 0 Å². The zero-order valence-electron chi connectivity index (χ0n) is 12.1. The van der Waals surface area contributed by atoms with Gasteiger partial charge in [-0.1, -0.05) is 13.8 Å². The summed E-state index contributed by atoms with van der Waals surface area (Å²) >= 11 is 0. The van der Waals surface area contributed by atoms with Gasteiger partial charge >= 0.3 is 8.80 Å². The van der Waals surface area contributed by atoms with E-state index in [0.29, 0.717) is 19.6 Å².